The fraction of sp³-hybridized carbons (Fsp3) is 0.136. The molecule has 4 nitrogen and oxygen atoms in total. The quantitative estimate of drug-likeness (QED) is 0.456. The molecule has 3 aromatic rings. The molecule has 0 aliphatic heterocycles. The highest BCUT2D eigenvalue weighted by atomic mass is 35.5. The van der Waals surface area contributed by atoms with Gasteiger partial charge < -0.3 is 15.2 Å². The van der Waals surface area contributed by atoms with E-state index in [9.17, 15) is 9.18 Å². The third kappa shape index (κ3) is 5.40. The van der Waals surface area contributed by atoms with Crippen LogP contribution in [0.2, 0.25) is 10.0 Å². The molecule has 0 saturated heterocycles. The average molecular weight is 434 g/mol. The van der Waals surface area contributed by atoms with E-state index in [4.69, 9.17) is 33.0 Å². The number of aryl methyl sites for hydroxylation is 1. The minimum atomic E-state index is -0.968. The molecule has 7 heteroatoms. The fourth-order valence-corrected chi connectivity index (χ4v) is 3.22. The van der Waals surface area contributed by atoms with E-state index in [-0.39, 0.29) is 12.2 Å². The number of nitrogens with one attached hydrogen (secondary N) is 1. The van der Waals surface area contributed by atoms with Crippen molar-refractivity contribution >= 4 is 34.9 Å². The second-order valence-corrected chi connectivity index (χ2v) is 7.31. The molecule has 29 heavy (non-hydrogen) atoms. The summed E-state index contributed by atoms with van der Waals surface area (Å²) in [5.74, 6) is -0.758. The Balaban J connectivity index is 1.74. The van der Waals surface area contributed by atoms with Gasteiger partial charge in [-0.2, -0.15) is 0 Å². The molecular weight excluding hydrogens is 416 g/mol. The van der Waals surface area contributed by atoms with Crippen molar-refractivity contribution in [2.75, 3.05) is 5.32 Å². The van der Waals surface area contributed by atoms with Gasteiger partial charge in [0.2, 0.25) is 0 Å². The van der Waals surface area contributed by atoms with Crippen molar-refractivity contribution in [3.8, 4) is 5.75 Å². The van der Waals surface area contributed by atoms with Gasteiger partial charge in [-0.05, 0) is 61.0 Å². The maximum atomic E-state index is 13.2. The van der Waals surface area contributed by atoms with Gasteiger partial charge in [0, 0.05) is 28.4 Å². The van der Waals surface area contributed by atoms with E-state index >= 15 is 0 Å². The third-order valence-electron chi connectivity index (χ3n) is 4.36. The number of hydrogen-bond acceptors (Lipinski definition) is 3. The van der Waals surface area contributed by atoms with Crippen LogP contribution in [0.3, 0.4) is 0 Å². The summed E-state index contributed by atoms with van der Waals surface area (Å²) in [5.41, 5.74) is 3.34. The van der Waals surface area contributed by atoms with Gasteiger partial charge in [0.1, 0.15) is 18.2 Å². The van der Waals surface area contributed by atoms with Gasteiger partial charge in [-0.25, -0.2) is 9.18 Å². The Morgan fingerprint density at radius 1 is 1.07 bits per heavy atom. The second-order valence-electron chi connectivity index (χ2n) is 6.46. The number of carboxylic acid groups (broad SMARTS) is 1. The smallest absolute Gasteiger partial charge is 0.335 e. The predicted molar refractivity (Wildman–Crippen MR) is 113 cm³/mol. The molecule has 0 aliphatic rings. The summed E-state index contributed by atoms with van der Waals surface area (Å²) in [5, 5.41) is 13.2. The molecule has 0 atom stereocenters. The molecule has 0 unspecified atom stereocenters. The van der Waals surface area contributed by atoms with Gasteiger partial charge in [0.05, 0.1) is 10.6 Å². The van der Waals surface area contributed by atoms with Crippen LogP contribution >= 0.6 is 23.2 Å². The van der Waals surface area contributed by atoms with E-state index in [0.29, 0.717) is 27.9 Å². The molecule has 150 valence electrons. The molecular formula is C22H18Cl2FNO3. The Bertz CT molecular complexity index is 1060. The number of hydrogen-bond donors (Lipinski definition) is 2. The lowest BCUT2D eigenvalue weighted by atomic mass is 10.1. The lowest BCUT2D eigenvalue weighted by Gasteiger charge is -2.15. The van der Waals surface area contributed by atoms with Crippen molar-refractivity contribution in [2.24, 2.45) is 0 Å². The van der Waals surface area contributed by atoms with Crippen molar-refractivity contribution in [1.29, 1.82) is 0 Å². The van der Waals surface area contributed by atoms with E-state index in [0.717, 1.165) is 16.8 Å². The highest BCUT2D eigenvalue weighted by molar-refractivity contribution is 6.31. The van der Waals surface area contributed by atoms with Crippen molar-refractivity contribution in [2.45, 2.75) is 20.1 Å². The number of ether oxygens (including phenoxy) is 1. The highest BCUT2D eigenvalue weighted by Gasteiger charge is 2.10. The Kier molecular flexibility index (Phi) is 6.62. The molecule has 3 rings (SSSR count). The topological polar surface area (TPSA) is 58.6 Å². The van der Waals surface area contributed by atoms with Crippen molar-refractivity contribution < 1.29 is 19.0 Å². The number of anilines is 1. The Morgan fingerprint density at radius 3 is 2.55 bits per heavy atom. The van der Waals surface area contributed by atoms with Gasteiger partial charge in [0.25, 0.3) is 0 Å². The molecule has 2 N–H and O–H groups in total. The Morgan fingerprint density at radius 2 is 1.86 bits per heavy atom. The average Bonchev–Trinajstić information content (AvgIpc) is 2.67. The standard InChI is InChI=1S/C22H18Cl2FNO3/c1-13-8-14(22(27)28)3-6-20(13)26-11-16-9-17(23)4-7-21(16)29-12-15-2-5-18(25)10-19(15)24/h2-10,26H,11-12H2,1H3,(H,27,28). The summed E-state index contributed by atoms with van der Waals surface area (Å²) in [6, 6.07) is 14.3. The van der Waals surface area contributed by atoms with Crippen LogP contribution in [0.4, 0.5) is 10.1 Å². The molecule has 0 spiro atoms. The first kappa shape index (κ1) is 21.0. The molecule has 0 radical (unpaired) electrons. The van der Waals surface area contributed by atoms with Crippen molar-refractivity contribution in [3.63, 3.8) is 0 Å². The van der Waals surface area contributed by atoms with Gasteiger partial charge >= 0.3 is 5.97 Å². The van der Waals surface area contributed by atoms with Gasteiger partial charge in [-0.15, -0.1) is 0 Å². The number of carbonyl (C=O) groups is 1. The van der Waals surface area contributed by atoms with Crippen molar-refractivity contribution in [3.05, 3.63) is 92.7 Å². The van der Waals surface area contributed by atoms with Crippen LogP contribution in [0.15, 0.2) is 54.6 Å². The normalized spacial score (nSPS) is 10.6. The first-order valence-corrected chi connectivity index (χ1v) is 9.52. The first-order chi connectivity index (χ1) is 13.8. The third-order valence-corrected chi connectivity index (χ3v) is 4.95. The minimum Gasteiger partial charge on any atom is -0.488 e. The maximum Gasteiger partial charge on any atom is 0.335 e. The molecule has 0 bridgehead atoms. The summed E-state index contributed by atoms with van der Waals surface area (Å²) in [6.45, 7) is 2.43. The van der Waals surface area contributed by atoms with E-state index in [2.05, 4.69) is 5.32 Å². The lowest BCUT2D eigenvalue weighted by Crippen LogP contribution is -2.06. The van der Waals surface area contributed by atoms with Crippen LogP contribution in [-0.4, -0.2) is 11.1 Å². The Labute approximate surface area is 177 Å². The second kappa shape index (κ2) is 9.16. The predicted octanol–water partition coefficient (Wildman–Crippen LogP) is 6.33. The van der Waals surface area contributed by atoms with Crippen LogP contribution < -0.4 is 10.1 Å². The lowest BCUT2D eigenvalue weighted by molar-refractivity contribution is 0.0697. The monoisotopic (exact) mass is 433 g/mol. The molecule has 3 aromatic carbocycles. The van der Waals surface area contributed by atoms with Crippen LogP contribution in [0.25, 0.3) is 0 Å². The van der Waals surface area contributed by atoms with Gasteiger partial charge in [-0.1, -0.05) is 29.3 Å². The van der Waals surface area contributed by atoms with Crippen LogP contribution in [-0.2, 0) is 13.2 Å². The highest BCUT2D eigenvalue weighted by Crippen LogP contribution is 2.27. The summed E-state index contributed by atoms with van der Waals surface area (Å²) in [4.78, 5) is 11.1. The summed E-state index contributed by atoms with van der Waals surface area (Å²) < 4.78 is 19.1. The largest absolute Gasteiger partial charge is 0.488 e. The number of aromatic carboxylic acids is 1. The van der Waals surface area contributed by atoms with Crippen molar-refractivity contribution in [1.82, 2.24) is 0 Å². The first-order valence-electron chi connectivity index (χ1n) is 8.76. The summed E-state index contributed by atoms with van der Waals surface area (Å²) in [7, 11) is 0. The number of benzene rings is 3. The zero-order chi connectivity index (χ0) is 21.0. The molecule has 0 amide bonds. The molecule has 0 saturated carbocycles. The minimum absolute atomic E-state index is 0.181. The summed E-state index contributed by atoms with van der Waals surface area (Å²) in [6.07, 6.45) is 0. The van der Waals surface area contributed by atoms with E-state index < -0.39 is 11.8 Å². The Hall–Kier alpha value is -2.76. The van der Waals surface area contributed by atoms with E-state index in [1.54, 1.807) is 42.5 Å². The zero-order valence-corrected chi connectivity index (χ0v) is 17.0. The van der Waals surface area contributed by atoms with Gasteiger partial charge in [0.15, 0.2) is 0 Å². The molecule has 0 fully saturated rings. The molecule has 0 aliphatic carbocycles. The number of rotatable bonds is 7. The fourth-order valence-electron chi connectivity index (χ4n) is 2.81. The molecule has 0 heterocycles. The van der Waals surface area contributed by atoms with Crippen LogP contribution in [0.5, 0.6) is 5.75 Å². The van der Waals surface area contributed by atoms with E-state index in [1.165, 1.54) is 12.1 Å². The number of halogens is 3. The SMILES string of the molecule is Cc1cc(C(=O)O)ccc1NCc1cc(Cl)ccc1OCc1ccc(F)cc1Cl. The molecule has 0 aromatic heterocycles. The number of carboxylic acids is 1. The zero-order valence-electron chi connectivity index (χ0n) is 15.5. The summed E-state index contributed by atoms with van der Waals surface area (Å²) >= 11 is 12.2. The van der Waals surface area contributed by atoms with Gasteiger partial charge in [-0.3, -0.25) is 0 Å². The maximum absolute atomic E-state index is 13.2. The van der Waals surface area contributed by atoms with Crippen LogP contribution in [0, 0.1) is 12.7 Å². The van der Waals surface area contributed by atoms with Crippen LogP contribution in [0.1, 0.15) is 27.0 Å². The van der Waals surface area contributed by atoms with E-state index in [1.807, 2.05) is 6.92 Å².